The molecule has 3 atom stereocenters. The van der Waals surface area contributed by atoms with Gasteiger partial charge in [-0.25, -0.2) is 4.39 Å². The second-order valence-corrected chi connectivity index (χ2v) is 4.68. The van der Waals surface area contributed by atoms with Crippen LogP contribution >= 0.6 is 0 Å². The van der Waals surface area contributed by atoms with E-state index < -0.39 is 18.5 Å². The molecule has 1 fully saturated rings. The smallest absolute Gasteiger partial charge is 0.185 e. The van der Waals surface area contributed by atoms with E-state index in [4.69, 9.17) is 9.47 Å². The van der Waals surface area contributed by atoms with Crippen LogP contribution in [0.3, 0.4) is 0 Å². The fourth-order valence-electron chi connectivity index (χ4n) is 2.37. The van der Waals surface area contributed by atoms with E-state index in [0.29, 0.717) is 5.56 Å². The van der Waals surface area contributed by atoms with Gasteiger partial charge in [0.05, 0.1) is 6.61 Å². The van der Waals surface area contributed by atoms with E-state index in [0.717, 1.165) is 5.56 Å². The Morgan fingerprint density at radius 2 is 1.65 bits per heavy atom. The van der Waals surface area contributed by atoms with E-state index in [9.17, 15) is 9.50 Å². The molecule has 0 aliphatic carbocycles. The zero-order valence-corrected chi connectivity index (χ0v) is 10.8. The number of rotatable bonds is 3. The molecule has 4 heteroatoms. The molecule has 1 heterocycles. The molecule has 3 rings (SSSR count). The fourth-order valence-corrected chi connectivity index (χ4v) is 2.37. The van der Waals surface area contributed by atoms with Crippen molar-refractivity contribution in [1.29, 1.82) is 0 Å². The van der Waals surface area contributed by atoms with Crippen LogP contribution in [0.5, 0.6) is 0 Å². The molecule has 1 N–H and O–H groups in total. The molecule has 1 aliphatic rings. The minimum Gasteiger partial charge on any atom is -0.394 e. The van der Waals surface area contributed by atoms with Crippen molar-refractivity contribution in [2.45, 2.75) is 18.5 Å². The average molecular weight is 274 g/mol. The van der Waals surface area contributed by atoms with Crippen LogP contribution in [-0.4, -0.2) is 17.8 Å². The van der Waals surface area contributed by atoms with Gasteiger partial charge in [0.15, 0.2) is 6.29 Å². The van der Waals surface area contributed by atoms with Gasteiger partial charge in [0.1, 0.15) is 18.0 Å². The molecular formula is C16H15FO3. The van der Waals surface area contributed by atoms with Gasteiger partial charge in [-0.3, -0.25) is 0 Å². The molecule has 0 radical (unpaired) electrons. The Labute approximate surface area is 116 Å². The summed E-state index contributed by atoms with van der Waals surface area (Å²) in [6.45, 7) is -0.220. The lowest BCUT2D eigenvalue weighted by Crippen LogP contribution is -2.20. The fraction of sp³-hybridized carbons (Fsp3) is 0.250. The van der Waals surface area contributed by atoms with Crippen molar-refractivity contribution in [3.05, 3.63) is 71.5 Å². The van der Waals surface area contributed by atoms with Crippen LogP contribution < -0.4 is 0 Å². The van der Waals surface area contributed by atoms with Crippen LogP contribution in [0.25, 0.3) is 0 Å². The van der Waals surface area contributed by atoms with Gasteiger partial charge in [-0.2, -0.15) is 0 Å². The zero-order chi connectivity index (χ0) is 13.9. The summed E-state index contributed by atoms with van der Waals surface area (Å²) in [4.78, 5) is 0. The van der Waals surface area contributed by atoms with Gasteiger partial charge in [0.25, 0.3) is 0 Å². The lowest BCUT2D eigenvalue weighted by Gasteiger charge is -2.15. The van der Waals surface area contributed by atoms with Crippen LogP contribution in [0.2, 0.25) is 0 Å². The molecule has 0 spiro atoms. The van der Waals surface area contributed by atoms with Gasteiger partial charge in [0, 0.05) is 11.1 Å². The van der Waals surface area contributed by atoms with Gasteiger partial charge in [-0.1, -0.05) is 48.5 Å². The highest BCUT2D eigenvalue weighted by Crippen LogP contribution is 2.40. The van der Waals surface area contributed by atoms with Crippen molar-refractivity contribution >= 4 is 0 Å². The summed E-state index contributed by atoms with van der Waals surface area (Å²) in [5.41, 5.74) is 1.26. The minimum absolute atomic E-state index is 0.220. The third-order valence-electron chi connectivity index (χ3n) is 3.37. The van der Waals surface area contributed by atoms with Crippen molar-refractivity contribution in [3.8, 4) is 0 Å². The van der Waals surface area contributed by atoms with Crippen molar-refractivity contribution in [2.24, 2.45) is 0 Å². The van der Waals surface area contributed by atoms with Crippen molar-refractivity contribution in [2.75, 3.05) is 6.61 Å². The van der Waals surface area contributed by atoms with Crippen molar-refractivity contribution in [3.63, 3.8) is 0 Å². The van der Waals surface area contributed by atoms with Crippen LogP contribution in [0.4, 0.5) is 4.39 Å². The lowest BCUT2D eigenvalue weighted by atomic mass is 10.0. The first kappa shape index (κ1) is 13.2. The highest BCUT2D eigenvalue weighted by Gasteiger charge is 2.38. The normalized spacial score (nSPS) is 25.8. The van der Waals surface area contributed by atoms with Crippen molar-refractivity contribution in [1.82, 2.24) is 0 Å². The maximum Gasteiger partial charge on any atom is 0.185 e. The zero-order valence-electron chi connectivity index (χ0n) is 10.8. The van der Waals surface area contributed by atoms with E-state index in [1.54, 1.807) is 18.2 Å². The first-order chi connectivity index (χ1) is 9.79. The summed E-state index contributed by atoms with van der Waals surface area (Å²) in [5.74, 6) is -0.353. The van der Waals surface area contributed by atoms with E-state index in [1.807, 2.05) is 30.3 Å². The standard InChI is InChI=1S/C16H15FO3/c17-13-9-5-4-8-12(13)15-14(10-18)19-16(20-15)11-6-2-1-3-7-11/h1-9,14-16,18H,10H2/t14-,15-,16?/m0/s1. The molecule has 104 valence electrons. The summed E-state index contributed by atoms with van der Waals surface area (Å²) >= 11 is 0. The highest BCUT2D eigenvalue weighted by molar-refractivity contribution is 5.23. The van der Waals surface area contributed by atoms with Crippen LogP contribution in [0.1, 0.15) is 23.5 Å². The molecule has 0 bridgehead atoms. The Hall–Kier alpha value is -1.75. The molecule has 0 amide bonds. The third-order valence-corrected chi connectivity index (χ3v) is 3.37. The number of aliphatic hydroxyl groups excluding tert-OH is 1. The predicted molar refractivity (Wildman–Crippen MR) is 71.4 cm³/mol. The predicted octanol–water partition coefficient (Wildman–Crippen LogP) is 2.97. The Kier molecular flexibility index (Phi) is 3.78. The second-order valence-electron chi connectivity index (χ2n) is 4.68. The first-order valence-electron chi connectivity index (χ1n) is 6.50. The first-order valence-corrected chi connectivity index (χ1v) is 6.50. The molecule has 1 unspecified atom stereocenters. The summed E-state index contributed by atoms with van der Waals surface area (Å²) < 4.78 is 25.3. The third kappa shape index (κ3) is 2.45. The average Bonchev–Trinajstić information content (AvgIpc) is 2.93. The van der Waals surface area contributed by atoms with Gasteiger partial charge < -0.3 is 14.6 Å². The van der Waals surface area contributed by atoms with E-state index in [2.05, 4.69) is 0 Å². The van der Waals surface area contributed by atoms with Gasteiger partial charge in [-0.15, -0.1) is 0 Å². The summed E-state index contributed by atoms with van der Waals surface area (Å²) in [5, 5.41) is 9.43. The quantitative estimate of drug-likeness (QED) is 0.935. The largest absolute Gasteiger partial charge is 0.394 e. The molecule has 2 aromatic carbocycles. The maximum atomic E-state index is 13.9. The SMILES string of the molecule is OC[C@@H]1OC(c2ccccc2)O[C@H]1c1ccccc1F. The molecule has 1 aliphatic heterocycles. The Balaban J connectivity index is 1.87. The number of hydrogen-bond donors (Lipinski definition) is 1. The minimum atomic E-state index is -0.605. The lowest BCUT2D eigenvalue weighted by molar-refractivity contribution is -0.0741. The topological polar surface area (TPSA) is 38.7 Å². The maximum absolute atomic E-state index is 13.9. The number of halogens is 1. The van der Waals surface area contributed by atoms with Crippen LogP contribution in [0, 0.1) is 5.82 Å². The number of hydrogen-bond acceptors (Lipinski definition) is 3. The number of benzene rings is 2. The highest BCUT2D eigenvalue weighted by atomic mass is 19.1. The number of ether oxygens (including phenoxy) is 2. The van der Waals surface area contributed by atoms with E-state index in [-0.39, 0.29) is 12.4 Å². The monoisotopic (exact) mass is 274 g/mol. The van der Waals surface area contributed by atoms with Crippen molar-refractivity contribution < 1.29 is 19.0 Å². The van der Waals surface area contributed by atoms with Gasteiger partial charge in [-0.05, 0) is 6.07 Å². The summed E-state index contributed by atoms with van der Waals surface area (Å²) in [6.07, 6.45) is -1.76. The van der Waals surface area contributed by atoms with Gasteiger partial charge in [0.2, 0.25) is 0 Å². The summed E-state index contributed by atoms with van der Waals surface area (Å²) in [7, 11) is 0. The Morgan fingerprint density at radius 1 is 0.950 bits per heavy atom. The second kappa shape index (κ2) is 5.71. The summed E-state index contributed by atoms with van der Waals surface area (Å²) in [6, 6.07) is 15.8. The van der Waals surface area contributed by atoms with E-state index >= 15 is 0 Å². The van der Waals surface area contributed by atoms with Crippen LogP contribution in [0.15, 0.2) is 54.6 Å². The molecule has 2 aromatic rings. The molecule has 3 nitrogen and oxygen atoms in total. The molecule has 0 saturated carbocycles. The molecular weight excluding hydrogens is 259 g/mol. The molecule has 0 aromatic heterocycles. The Bertz CT molecular complexity index is 573. The Morgan fingerprint density at radius 3 is 2.35 bits per heavy atom. The molecule has 20 heavy (non-hydrogen) atoms. The number of aliphatic hydroxyl groups is 1. The van der Waals surface area contributed by atoms with E-state index in [1.165, 1.54) is 6.07 Å². The van der Waals surface area contributed by atoms with Gasteiger partial charge >= 0.3 is 0 Å². The van der Waals surface area contributed by atoms with Crippen LogP contribution in [-0.2, 0) is 9.47 Å². The molecule has 1 saturated heterocycles.